The molecule has 17 heteroatoms. The Hall–Kier alpha value is -6.75. The Balaban J connectivity index is 1.92. The van der Waals surface area contributed by atoms with Crippen LogP contribution < -0.4 is 5.32 Å². The topological polar surface area (TPSA) is 243 Å². The molecular formula is C26H21N13O4. The van der Waals surface area contributed by atoms with Crippen molar-refractivity contribution in [3.63, 3.8) is 0 Å². The van der Waals surface area contributed by atoms with E-state index in [-0.39, 0.29) is 29.0 Å². The van der Waals surface area contributed by atoms with Crippen molar-refractivity contribution in [1.82, 2.24) is 10.3 Å². The van der Waals surface area contributed by atoms with Gasteiger partial charge in [0, 0.05) is 5.56 Å². The minimum absolute atomic E-state index is 0.00906. The third-order valence-electron chi connectivity index (χ3n) is 5.15. The van der Waals surface area contributed by atoms with Crippen LogP contribution in [0.4, 0.5) is 0 Å². The molecule has 0 saturated heterocycles. The molecule has 1 heterocycles. The summed E-state index contributed by atoms with van der Waals surface area (Å²) in [6, 6.07) is 6.74. The summed E-state index contributed by atoms with van der Waals surface area (Å²) < 4.78 is 5.16. The van der Waals surface area contributed by atoms with E-state index < -0.39 is 11.7 Å². The van der Waals surface area contributed by atoms with Crippen molar-refractivity contribution in [2.45, 2.75) is 20.4 Å². The van der Waals surface area contributed by atoms with Crippen molar-refractivity contribution in [3.05, 3.63) is 71.4 Å². The van der Waals surface area contributed by atoms with E-state index in [0.717, 1.165) is 11.8 Å². The zero-order valence-electron chi connectivity index (χ0n) is 22.6. The molecule has 1 aromatic heterocycles. The fraction of sp³-hybridized carbons (Fsp3) is 0.115. The first-order chi connectivity index (χ1) is 20.8. The molecule has 214 valence electrons. The fourth-order valence-electron chi connectivity index (χ4n) is 3.44. The maximum Gasteiger partial charge on any atom is 0.256 e. The molecule has 4 N–H and O–H groups in total. The van der Waals surface area contributed by atoms with E-state index in [2.05, 4.69) is 92.7 Å². The maximum atomic E-state index is 13.3. The number of oxazole rings is 1. The van der Waals surface area contributed by atoms with Crippen LogP contribution in [0, 0.1) is 36.1 Å². The summed E-state index contributed by atoms with van der Waals surface area (Å²) in [5.74, 6) is 9.07. The van der Waals surface area contributed by atoms with Gasteiger partial charge in [-0.05, 0) is 95.8 Å². The molecule has 3 rings (SSSR count). The number of amides is 1. The molecule has 17 nitrogen and oxygen atoms in total. The molecule has 0 unspecified atom stereocenters. The lowest BCUT2D eigenvalue weighted by Crippen LogP contribution is -2.24. The first-order valence-corrected chi connectivity index (χ1v) is 11.8. The van der Waals surface area contributed by atoms with Gasteiger partial charge in [0.05, 0.1) is 23.9 Å². The van der Waals surface area contributed by atoms with Crippen LogP contribution in [-0.4, -0.2) is 27.3 Å². The normalized spacial score (nSPS) is 11.2. The van der Waals surface area contributed by atoms with E-state index in [0.29, 0.717) is 22.5 Å². The van der Waals surface area contributed by atoms with Crippen LogP contribution in [0.2, 0.25) is 0 Å². The van der Waals surface area contributed by atoms with Gasteiger partial charge in [0.2, 0.25) is 0 Å². The van der Waals surface area contributed by atoms with Gasteiger partial charge in [-0.25, -0.2) is 4.98 Å². The number of phenolic OH excluding ortho intramolecular Hbond substituents is 2. The summed E-state index contributed by atoms with van der Waals surface area (Å²) in [5, 5.41) is 55.5. The number of carbonyl (C=O) groups excluding carboxylic acids is 1. The van der Waals surface area contributed by atoms with Gasteiger partial charge in [-0.2, -0.15) is 5.53 Å². The lowest BCUT2D eigenvalue weighted by atomic mass is 9.90. The molecule has 0 aliphatic rings. The lowest BCUT2D eigenvalue weighted by molar-refractivity contribution is 0.0945. The van der Waals surface area contributed by atoms with Crippen molar-refractivity contribution in [3.8, 4) is 46.3 Å². The zero-order chi connectivity index (χ0) is 31.0. The molecular weight excluding hydrogens is 558 g/mol. The Morgan fingerprint density at radius 3 is 2.49 bits per heavy atom. The van der Waals surface area contributed by atoms with Crippen LogP contribution >= 0.6 is 0 Å². The van der Waals surface area contributed by atoms with Crippen molar-refractivity contribution >= 4 is 17.7 Å². The monoisotopic (exact) mass is 579 g/mol. The van der Waals surface area contributed by atoms with E-state index in [1.807, 2.05) is 19.1 Å². The number of nitrogens with one attached hydrogen (secondary N) is 2. The summed E-state index contributed by atoms with van der Waals surface area (Å²) in [4.78, 5) is 17.1. The maximum absolute atomic E-state index is 13.3. The number of rotatable bonds is 10. The number of benzene rings is 2. The highest BCUT2D eigenvalue weighted by Gasteiger charge is 2.25. The molecule has 0 aliphatic carbocycles. The van der Waals surface area contributed by atoms with Crippen LogP contribution in [0.25, 0.3) is 16.7 Å². The fourth-order valence-corrected chi connectivity index (χ4v) is 3.44. The van der Waals surface area contributed by atoms with Gasteiger partial charge >= 0.3 is 0 Å². The SMILES string of the molecule is C=C(C)c1ccc(C)cc1-c1c(O)cc(C#CC#C/C=N/N=N/N=N/N=N/N=N/N=N)c(C(=O)NCc2cnco2)c1O. The first kappa shape index (κ1) is 30.8. The van der Waals surface area contributed by atoms with Gasteiger partial charge in [0.15, 0.2) is 6.39 Å². The molecule has 1 amide bonds. The average Bonchev–Trinajstić information content (AvgIpc) is 3.50. The van der Waals surface area contributed by atoms with E-state index in [9.17, 15) is 15.0 Å². The molecule has 3 aromatic rings. The third-order valence-corrected chi connectivity index (χ3v) is 5.15. The number of hydrogen-bond acceptors (Lipinski definition) is 7. The van der Waals surface area contributed by atoms with E-state index in [1.54, 1.807) is 13.0 Å². The lowest BCUT2D eigenvalue weighted by Gasteiger charge is -2.17. The van der Waals surface area contributed by atoms with Crippen LogP contribution in [0.3, 0.4) is 0 Å². The van der Waals surface area contributed by atoms with Gasteiger partial charge in [0.1, 0.15) is 23.5 Å². The molecule has 2 aromatic carbocycles. The summed E-state index contributed by atoms with van der Waals surface area (Å²) in [7, 11) is 0. The Labute approximate surface area is 243 Å². The first-order valence-electron chi connectivity index (χ1n) is 11.8. The highest BCUT2D eigenvalue weighted by molar-refractivity contribution is 6.03. The molecule has 0 spiro atoms. The van der Waals surface area contributed by atoms with E-state index in [1.165, 1.54) is 18.7 Å². The summed E-state index contributed by atoms with van der Waals surface area (Å²) in [6.07, 6.45) is 3.71. The highest BCUT2D eigenvalue weighted by atomic mass is 16.3. The van der Waals surface area contributed by atoms with Crippen LogP contribution in [-0.2, 0) is 6.54 Å². The summed E-state index contributed by atoms with van der Waals surface area (Å²) >= 11 is 0. The number of carbonyl (C=O) groups is 1. The molecule has 43 heavy (non-hydrogen) atoms. The predicted molar refractivity (Wildman–Crippen MR) is 150 cm³/mol. The van der Waals surface area contributed by atoms with Crippen LogP contribution in [0.15, 0.2) is 100.0 Å². The van der Waals surface area contributed by atoms with Crippen molar-refractivity contribution in [2.24, 2.45) is 52.1 Å². The van der Waals surface area contributed by atoms with Crippen molar-refractivity contribution < 1.29 is 19.4 Å². The second-order valence-electron chi connectivity index (χ2n) is 8.10. The van der Waals surface area contributed by atoms with Crippen molar-refractivity contribution in [2.75, 3.05) is 0 Å². The number of aryl methyl sites for hydroxylation is 1. The van der Waals surface area contributed by atoms with Crippen molar-refractivity contribution in [1.29, 1.82) is 5.53 Å². The van der Waals surface area contributed by atoms with Gasteiger partial charge < -0.3 is 19.9 Å². The Morgan fingerprint density at radius 1 is 1.09 bits per heavy atom. The molecule has 0 atom stereocenters. The Morgan fingerprint density at radius 2 is 1.81 bits per heavy atom. The minimum atomic E-state index is -0.679. The molecule has 0 aliphatic heterocycles. The smallest absolute Gasteiger partial charge is 0.256 e. The van der Waals surface area contributed by atoms with E-state index >= 15 is 0 Å². The number of aromatic nitrogens is 1. The Bertz CT molecular complexity index is 1780. The number of phenols is 2. The number of allylic oxidation sites excluding steroid dienone is 1. The van der Waals surface area contributed by atoms with Gasteiger partial charge in [-0.3, -0.25) is 4.79 Å². The quantitative estimate of drug-likeness (QED) is 0.0994. The van der Waals surface area contributed by atoms with E-state index in [4.69, 9.17) is 9.95 Å². The third kappa shape index (κ3) is 8.88. The standard InChI is InChI=1S/C26H21N13O4/c1-16(2)20-9-8-17(3)11-21(20)24-22(40)12-18(23(25(24)41)26(42)29-14-19-13-28-15-43-19)7-5-4-6-10-30-32-34-36-38-39-37-35-33-31-27/h8-13,15,27,40-41H,1,14H2,2-3H3,(H,29,42)/b30-10+,31-27?,34-32+,35-33+,38-36+,39-37+. The number of hydrogen-bond donors (Lipinski definition) is 4. The average molecular weight is 580 g/mol. The zero-order valence-corrected chi connectivity index (χ0v) is 22.6. The second kappa shape index (κ2) is 15.7. The molecule has 0 bridgehead atoms. The minimum Gasteiger partial charge on any atom is -0.507 e. The summed E-state index contributed by atoms with van der Waals surface area (Å²) in [5.41, 5.74) is 8.94. The summed E-state index contributed by atoms with van der Waals surface area (Å²) in [6.45, 7) is 7.63. The van der Waals surface area contributed by atoms with Gasteiger partial charge in [0.25, 0.3) is 5.91 Å². The van der Waals surface area contributed by atoms with Crippen LogP contribution in [0.5, 0.6) is 11.5 Å². The van der Waals surface area contributed by atoms with Gasteiger partial charge in [-0.1, -0.05) is 41.8 Å². The highest BCUT2D eigenvalue weighted by Crippen LogP contribution is 2.44. The Kier molecular flexibility index (Phi) is 11.3. The molecule has 0 saturated carbocycles. The number of nitrogens with zero attached hydrogens (tertiary/aromatic N) is 11. The van der Waals surface area contributed by atoms with Gasteiger partial charge in [-0.15, -0.1) is 5.10 Å². The predicted octanol–water partition coefficient (Wildman–Crippen LogP) is 5.86. The molecule has 0 fully saturated rings. The molecule has 0 radical (unpaired) electrons. The largest absolute Gasteiger partial charge is 0.507 e. The van der Waals surface area contributed by atoms with Crippen LogP contribution in [0.1, 0.15) is 39.7 Å². The second-order valence-corrected chi connectivity index (χ2v) is 8.10. The number of aromatic hydroxyl groups is 2.